The van der Waals surface area contributed by atoms with E-state index in [1.807, 2.05) is 16.8 Å². The highest BCUT2D eigenvalue weighted by atomic mass is 32.1. The van der Waals surface area contributed by atoms with Crippen molar-refractivity contribution in [1.82, 2.24) is 0 Å². The van der Waals surface area contributed by atoms with Crippen LogP contribution >= 0.6 is 11.3 Å². The third kappa shape index (κ3) is 5.69. The quantitative estimate of drug-likeness (QED) is 0.798. The number of aryl methyl sites for hydroxylation is 1. The van der Waals surface area contributed by atoms with Gasteiger partial charge in [-0.05, 0) is 53.1 Å². The lowest BCUT2D eigenvalue weighted by atomic mass is 10.2. The van der Waals surface area contributed by atoms with E-state index in [0.29, 0.717) is 6.42 Å². The lowest BCUT2D eigenvalue weighted by molar-refractivity contribution is -0.147. The van der Waals surface area contributed by atoms with Crippen molar-refractivity contribution in [2.75, 3.05) is 11.9 Å². The smallest absolute Gasteiger partial charge is 0.416 e. The Labute approximate surface area is 140 Å². The molecule has 0 aliphatic carbocycles. The number of esters is 1. The minimum atomic E-state index is -4.43. The van der Waals surface area contributed by atoms with E-state index in [4.69, 9.17) is 4.74 Å². The predicted molar refractivity (Wildman–Crippen MR) is 83.7 cm³/mol. The van der Waals surface area contributed by atoms with E-state index < -0.39 is 30.2 Å². The van der Waals surface area contributed by atoms with Gasteiger partial charge in [0.1, 0.15) is 0 Å². The molecule has 1 aromatic carbocycles. The van der Waals surface area contributed by atoms with Gasteiger partial charge in [-0.1, -0.05) is 0 Å². The number of carbonyl (C=O) groups excluding carboxylic acids is 2. The largest absolute Gasteiger partial charge is 0.456 e. The van der Waals surface area contributed by atoms with Crippen LogP contribution in [0, 0.1) is 0 Å². The van der Waals surface area contributed by atoms with Gasteiger partial charge in [-0.2, -0.15) is 24.5 Å². The summed E-state index contributed by atoms with van der Waals surface area (Å²) in [7, 11) is 0. The summed E-state index contributed by atoms with van der Waals surface area (Å²) in [6.45, 7) is -0.483. The van der Waals surface area contributed by atoms with E-state index in [9.17, 15) is 22.8 Å². The summed E-state index contributed by atoms with van der Waals surface area (Å²) >= 11 is 1.53. The molecule has 0 radical (unpaired) electrons. The van der Waals surface area contributed by atoms with Gasteiger partial charge in [0.2, 0.25) is 0 Å². The molecule has 0 spiro atoms. The van der Waals surface area contributed by atoms with Crippen LogP contribution in [0.3, 0.4) is 0 Å². The first-order valence-corrected chi connectivity index (χ1v) is 7.92. The molecule has 8 heteroatoms. The topological polar surface area (TPSA) is 55.4 Å². The van der Waals surface area contributed by atoms with Crippen molar-refractivity contribution in [3.05, 3.63) is 52.2 Å². The first-order chi connectivity index (χ1) is 11.3. The number of rotatable bonds is 6. The molecule has 0 saturated carbocycles. The molecule has 1 amide bonds. The standard InChI is InChI=1S/C16H14F3NO3S/c17-16(18,19)12-2-4-13(5-3-12)20-14(21)9-23-15(22)6-1-11-7-8-24-10-11/h2-5,7-8,10H,1,6,9H2,(H,20,21). The zero-order valence-corrected chi connectivity index (χ0v) is 13.2. The highest BCUT2D eigenvalue weighted by Crippen LogP contribution is 2.29. The lowest BCUT2D eigenvalue weighted by Gasteiger charge is -2.09. The SMILES string of the molecule is O=C(COC(=O)CCc1ccsc1)Nc1ccc(C(F)(F)F)cc1. The number of amides is 1. The Bertz CT molecular complexity index is 682. The molecule has 0 bridgehead atoms. The number of carbonyl (C=O) groups is 2. The van der Waals surface area contributed by atoms with Crippen LogP contribution in [0.5, 0.6) is 0 Å². The van der Waals surface area contributed by atoms with Gasteiger partial charge in [0.05, 0.1) is 5.56 Å². The fourth-order valence-corrected chi connectivity index (χ4v) is 2.54. The van der Waals surface area contributed by atoms with E-state index in [1.165, 1.54) is 11.3 Å². The Kier molecular flexibility index (Phi) is 5.97. The number of ether oxygens (including phenoxy) is 1. The average Bonchev–Trinajstić information content (AvgIpc) is 3.04. The molecule has 1 heterocycles. The highest BCUT2D eigenvalue weighted by Gasteiger charge is 2.29. The maximum absolute atomic E-state index is 12.4. The van der Waals surface area contributed by atoms with Gasteiger partial charge in [-0.25, -0.2) is 0 Å². The Morgan fingerprint density at radius 2 is 1.83 bits per heavy atom. The minimum Gasteiger partial charge on any atom is -0.456 e. The zero-order valence-electron chi connectivity index (χ0n) is 12.4. The molecule has 2 rings (SSSR count). The highest BCUT2D eigenvalue weighted by molar-refractivity contribution is 7.07. The summed E-state index contributed by atoms with van der Waals surface area (Å²) in [6, 6.07) is 5.90. The number of benzene rings is 1. The number of nitrogens with one attached hydrogen (secondary N) is 1. The molecule has 1 N–H and O–H groups in total. The van der Waals surface area contributed by atoms with E-state index in [0.717, 1.165) is 29.8 Å². The van der Waals surface area contributed by atoms with Crippen LogP contribution < -0.4 is 5.32 Å². The van der Waals surface area contributed by atoms with E-state index >= 15 is 0 Å². The van der Waals surface area contributed by atoms with E-state index in [1.54, 1.807) is 0 Å². The van der Waals surface area contributed by atoms with Gasteiger partial charge >= 0.3 is 12.1 Å². The zero-order chi connectivity index (χ0) is 17.6. The molecule has 0 fully saturated rings. The first kappa shape index (κ1) is 18.0. The van der Waals surface area contributed by atoms with Crippen LogP contribution in [0.4, 0.5) is 18.9 Å². The second-order valence-electron chi connectivity index (χ2n) is 4.92. The first-order valence-electron chi connectivity index (χ1n) is 6.98. The number of halogens is 3. The molecule has 24 heavy (non-hydrogen) atoms. The van der Waals surface area contributed by atoms with Gasteiger partial charge in [-0.15, -0.1) is 0 Å². The third-order valence-electron chi connectivity index (χ3n) is 3.06. The van der Waals surface area contributed by atoms with Crippen LogP contribution in [-0.2, 0) is 26.9 Å². The Morgan fingerprint density at radius 1 is 1.12 bits per heavy atom. The van der Waals surface area contributed by atoms with Gasteiger partial charge in [-0.3, -0.25) is 9.59 Å². The molecular formula is C16H14F3NO3S. The number of hydrogen-bond acceptors (Lipinski definition) is 4. The molecular weight excluding hydrogens is 343 g/mol. The van der Waals surface area contributed by atoms with Crippen molar-refractivity contribution in [3.8, 4) is 0 Å². The monoisotopic (exact) mass is 357 g/mol. The van der Waals surface area contributed by atoms with Crippen LogP contribution in [0.25, 0.3) is 0 Å². The Morgan fingerprint density at radius 3 is 2.42 bits per heavy atom. The molecule has 1 aromatic heterocycles. The Hall–Kier alpha value is -2.35. The van der Waals surface area contributed by atoms with Crippen LogP contribution in [0.1, 0.15) is 17.5 Å². The summed E-state index contributed by atoms with van der Waals surface area (Å²) in [5.41, 5.74) is 0.411. The molecule has 0 saturated heterocycles. The van der Waals surface area contributed by atoms with Gasteiger partial charge in [0, 0.05) is 12.1 Å². The Balaban J connectivity index is 1.73. The van der Waals surface area contributed by atoms with Gasteiger partial charge in [0.15, 0.2) is 6.61 Å². The summed E-state index contributed by atoms with van der Waals surface area (Å²) < 4.78 is 42.1. The maximum Gasteiger partial charge on any atom is 0.416 e. The number of thiophene rings is 1. The lowest BCUT2D eigenvalue weighted by Crippen LogP contribution is -2.21. The molecule has 128 valence electrons. The third-order valence-corrected chi connectivity index (χ3v) is 3.79. The molecule has 4 nitrogen and oxygen atoms in total. The van der Waals surface area contributed by atoms with Crippen LogP contribution in [-0.4, -0.2) is 18.5 Å². The number of hydrogen-bond donors (Lipinski definition) is 1. The maximum atomic E-state index is 12.4. The summed E-state index contributed by atoms with van der Waals surface area (Å²) in [5.74, 6) is -1.12. The van der Waals surface area contributed by atoms with Gasteiger partial charge < -0.3 is 10.1 Å². The van der Waals surface area contributed by atoms with Crippen LogP contribution in [0.2, 0.25) is 0 Å². The number of alkyl halides is 3. The number of anilines is 1. The van der Waals surface area contributed by atoms with Crippen molar-refractivity contribution in [3.63, 3.8) is 0 Å². The second kappa shape index (κ2) is 7.96. The van der Waals surface area contributed by atoms with Crippen molar-refractivity contribution in [1.29, 1.82) is 0 Å². The normalized spacial score (nSPS) is 11.1. The van der Waals surface area contributed by atoms with Gasteiger partial charge in [0.25, 0.3) is 5.91 Å². The fraction of sp³-hybridized carbons (Fsp3) is 0.250. The molecule has 0 aliphatic heterocycles. The predicted octanol–water partition coefficient (Wildman–Crippen LogP) is 3.88. The molecule has 0 unspecified atom stereocenters. The minimum absolute atomic E-state index is 0.157. The van der Waals surface area contributed by atoms with Crippen molar-refractivity contribution < 1.29 is 27.5 Å². The van der Waals surface area contributed by atoms with E-state index in [-0.39, 0.29) is 12.1 Å². The summed E-state index contributed by atoms with van der Waals surface area (Å²) in [6.07, 6.45) is -3.74. The molecule has 2 aromatic rings. The van der Waals surface area contributed by atoms with Crippen molar-refractivity contribution >= 4 is 28.9 Å². The molecule has 0 aliphatic rings. The molecule has 0 atom stereocenters. The fourth-order valence-electron chi connectivity index (χ4n) is 1.84. The second-order valence-corrected chi connectivity index (χ2v) is 5.70. The summed E-state index contributed by atoms with van der Waals surface area (Å²) in [4.78, 5) is 23.1. The average molecular weight is 357 g/mol. The van der Waals surface area contributed by atoms with Crippen molar-refractivity contribution in [2.24, 2.45) is 0 Å². The van der Waals surface area contributed by atoms with E-state index in [2.05, 4.69) is 5.32 Å². The van der Waals surface area contributed by atoms with Crippen LogP contribution in [0.15, 0.2) is 41.1 Å². The van der Waals surface area contributed by atoms with Crippen molar-refractivity contribution in [2.45, 2.75) is 19.0 Å². The summed E-state index contributed by atoms with van der Waals surface area (Å²) in [5, 5.41) is 6.19.